The van der Waals surface area contributed by atoms with Crippen molar-refractivity contribution in [3.05, 3.63) is 0 Å². The zero-order chi connectivity index (χ0) is 11.7. The van der Waals surface area contributed by atoms with Crippen LogP contribution in [-0.4, -0.2) is 51.5 Å². The van der Waals surface area contributed by atoms with Gasteiger partial charge in [-0.2, -0.15) is 0 Å². The number of nitrogens with zero attached hydrogens (tertiary/aromatic N) is 1. The van der Waals surface area contributed by atoms with E-state index in [1.165, 1.54) is 16.7 Å². The molecular formula is C9H12N2O4S. The molecule has 2 aliphatic rings. The molecule has 0 unspecified atom stereocenters. The van der Waals surface area contributed by atoms with Crippen LogP contribution in [0.5, 0.6) is 0 Å². The van der Waals surface area contributed by atoms with E-state index in [1.54, 1.807) is 0 Å². The molecule has 2 saturated heterocycles. The van der Waals surface area contributed by atoms with Crippen LogP contribution in [0, 0.1) is 0 Å². The average Bonchev–Trinajstić information content (AvgIpc) is 2.84. The molecule has 2 heterocycles. The van der Waals surface area contributed by atoms with Crippen molar-refractivity contribution in [2.75, 3.05) is 11.6 Å². The van der Waals surface area contributed by atoms with Gasteiger partial charge in [-0.1, -0.05) is 0 Å². The third-order valence-corrected chi connectivity index (χ3v) is 3.76. The molecule has 0 aromatic heterocycles. The number of carboxylic acid groups (broad SMARTS) is 1. The van der Waals surface area contributed by atoms with E-state index >= 15 is 0 Å². The molecule has 0 radical (unpaired) electrons. The van der Waals surface area contributed by atoms with Gasteiger partial charge in [-0.05, 0) is 6.42 Å². The third-order valence-electron chi connectivity index (χ3n) is 2.74. The molecule has 0 aromatic carbocycles. The summed E-state index contributed by atoms with van der Waals surface area (Å²) < 4.78 is 0. The molecule has 2 rings (SSSR count). The summed E-state index contributed by atoms with van der Waals surface area (Å²) in [6.45, 7) is 0. The maximum atomic E-state index is 11.9. The lowest BCUT2D eigenvalue weighted by atomic mass is 10.2. The van der Waals surface area contributed by atoms with Crippen LogP contribution < -0.4 is 5.32 Å². The summed E-state index contributed by atoms with van der Waals surface area (Å²) in [5, 5.41) is 11.5. The number of hydrogen-bond donors (Lipinski definition) is 2. The van der Waals surface area contributed by atoms with E-state index in [0.29, 0.717) is 24.5 Å². The fourth-order valence-corrected chi connectivity index (χ4v) is 3.02. The van der Waals surface area contributed by atoms with Gasteiger partial charge in [0, 0.05) is 12.2 Å². The fourth-order valence-electron chi connectivity index (χ4n) is 1.86. The highest BCUT2D eigenvalue weighted by Crippen LogP contribution is 2.23. The Balaban J connectivity index is 2.03. The number of carboxylic acids is 1. The van der Waals surface area contributed by atoms with E-state index in [2.05, 4.69) is 5.32 Å². The molecule has 2 amide bonds. The Morgan fingerprint density at radius 2 is 2.25 bits per heavy atom. The minimum absolute atomic E-state index is 0.142. The lowest BCUT2D eigenvalue weighted by Crippen LogP contribution is -2.49. The van der Waals surface area contributed by atoms with Gasteiger partial charge in [0.1, 0.15) is 12.1 Å². The largest absolute Gasteiger partial charge is 0.480 e. The second-order valence-corrected chi connectivity index (χ2v) is 4.82. The summed E-state index contributed by atoms with van der Waals surface area (Å²) in [6.07, 6.45) is 0.806. The van der Waals surface area contributed by atoms with Gasteiger partial charge in [0.05, 0.1) is 5.88 Å². The summed E-state index contributed by atoms with van der Waals surface area (Å²) in [5.41, 5.74) is 0. The van der Waals surface area contributed by atoms with Crippen molar-refractivity contribution in [1.29, 1.82) is 0 Å². The summed E-state index contributed by atoms with van der Waals surface area (Å²) in [5.74, 6) is -0.591. The normalized spacial score (nSPS) is 29.2. The Labute approximate surface area is 96.4 Å². The second kappa shape index (κ2) is 4.32. The van der Waals surface area contributed by atoms with Crippen molar-refractivity contribution < 1.29 is 19.5 Å². The first kappa shape index (κ1) is 11.3. The van der Waals surface area contributed by atoms with Gasteiger partial charge in [-0.25, -0.2) is 4.79 Å². The Kier molecular flexibility index (Phi) is 3.04. The number of carbonyl (C=O) groups excluding carboxylic acids is 2. The van der Waals surface area contributed by atoms with Gasteiger partial charge in [0.25, 0.3) is 0 Å². The highest BCUT2D eigenvalue weighted by atomic mass is 32.2. The maximum Gasteiger partial charge on any atom is 0.327 e. The van der Waals surface area contributed by atoms with E-state index in [9.17, 15) is 14.4 Å². The van der Waals surface area contributed by atoms with Gasteiger partial charge < -0.3 is 15.3 Å². The summed E-state index contributed by atoms with van der Waals surface area (Å²) in [6, 6.07) is -1.29. The van der Waals surface area contributed by atoms with Crippen molar-refractivity contribution in [2.45, 2.75) is 24.9 Å². The van der Waals surface area contributed by atoms with Gasteiger partial charge in [0.2, 0.25) is 11.8 Å². The molecule has 88 valence electrons. The smallest absolute Gasteiger partial charge is 0.327 e. The van der Waals surface area contributed by atoms with E-state index in [-0.39, 0.29) is 11.8 Å². The number of amides is 2. The van der Waals surface area contributed by atoms with Crippen LogP contribution in [0.3, 0.4) is 0 Å². The highest BCUT2D eigenvalue weighted by molar-refractivity contribution is 7.99. The monoisotopic (exact) mass is 244 g/mol. The number of thioether (sulfide) groups is 1. The molecular weight excluding hydrogens is 232 g/mol. The number of nitrogens with one attached hydrogen (secondary N) is 1. The standard InChI is InChI=1S/C9H12N2O4S/c12-7-2-1-5(10-7)8(13)11-4-16-3-6(11)9(14)15/h5-6H,1-4H2,(H,10,12)(H,14,15)/t5-,6-/m1/s1. The van der Waals surface area contributed by atoms with Crippen LogP contribution in [-0.2, 0) is 14.4 Å². The number of rotatable bonds is 2. The predicted octanol–water partition coefficient (Wildman–Crippen LogP) is -0.749. The summed E-state index contributed by atoms with van der Waals surface area (Å²) >= 11 is 1.42. The Morgan fingerprint density at radius 3 is 2.81 bits per heavy atom. The van der Waals surface area contributed by atoms with E-state index in [1.807, 2.05) is 0 Å². The Morgan fingerprint density at radius 1 is 1.50 bits per heavy atom. The minimum atomic E-state index is -0.984. The molecule has 0 aliphatic carbocycles. The molecule has 0 saturated carbocycles. The van der Waals surface area contributed by atoms with Crippen molar-refractivity contribution in [1.82, 2.24) is 10.2 Å². The second-order valence-electron chi connectivity index (χ2n) is 3.82. The lowest BCUT2D eigenvalue weighted by Gasteiger charge is -2.23. The molecule has 0 spiro atoms. The predicted molar refractivity (Wildman–Crippen MR) is 56.8 cm³/mol. The van der Waals surface area contributed by atoms with Crippen LogP contribution in [0.15, 0.2) is 0 Å². The van der Waals surface area contributed by atoms with Crippen LogP contribution in [0.4, 0.5) is 0 Å². The number of carbonyl (C=O) groups is 3. The average molecular weight is 244 g/mol. The Hall–Kier alpha value is -1.24. The number of aliphatic carboxylic acids is 1. The molecule has 0 bridgehead atoms. The van der Waals surface area contributed by atoms with Crippen molar-refractivity contribution in [3.63, 3.8) is 0 Å². The van der Waals surface area contributed by atoms with Gasteiger partial charge in [-0.15, -0.1) is 11.8 Å². The summed E-state index contributed by atoms with van der Waals surface area (Å²) in [4.78, 5) is 35.2. The molecule has 7 heteroatoms. The lowest BCUT2D eigenvalue weighted by molar-refractivity contribution is -0.148. The zero-order valence-electron chi connectivity index (χ0n) is 8.51. The van der Waals surface area contributed by atoms with Crippen molar-refractivity contribution in [3.8, 4) is 0 Å². The first-order valence-corrected chi connectivity index (χ1v) is 6.15. The minimum Gasteiger partial charge on any atom is -0.480 e. The number of hydrogen-bond acceptors (Lipinski definition) is 4. The van der Waals surface area contributed by atoms with Crippen LogP contribution >= 0.6 is 11.8 Å². The van der Waals surface area contributed by atoms with E-state index in [4.69, 9.17) is 5.11 Å². The Bertz CT molecular complexity index is 346. The summed E-state index contributed by atoms with van der Waals surface area (Å²) in [7, 11) is 0. The molecule has 2 fully saturated rings. The maximum absolute atomic E-state index is 11.9. The zero-order valence-corrected chi connectivity index (χ0v) is 9.33. The highest BCUT2D eigenvalue weighted by Gasteiger charge is 2.39. The van der Waals surface area contributed by atoms with Gasteiger partial charge in [-0.3, -0.25) is 9.59 Å². The third kappa shape index (κ3) is 1.99. The molecule has 2 aliphatic heterocycles. The first-order valence-electron chi connectivity index (χ1n) is 5.00. The topological polar surface area (TPSA) is 86.7 Å². The molecule has 2 atom stereocenters. The van der Waals surface area contributed by atoms with Gasteiger partial charge in [0.15, 0.2) is 0 Å². The molecule has 6 nitrogen and oxygen atoms in total. The van der Waals surface area contributed by atoms with Crippen LogP contribution in [0.2, 0.25) is 0 Å². The SMILES string of the molecule is O=C1CC[C@H](C(=O)N2CSC[C@@H]2C(=O)O)N1. The van der Waals surface area contributed by atoms with Crippen LogP contribution in [0.25, 0.3) is 0 Å². The molecule has 16 heavy (non-hydrogen) atoms. The van der Waals surface area contributed by atoms with E-state index in [0.717, 1.165) is 0 Å². The van der Waals surface area contributed by atoms with Gasteiger partial charge >= 0.3 is 5.97 Å². The fraction of sp³-hybridized carbons (Fsp3) is 0.667. The van der Waals surface area contributed by atoms with Crippen molar-refractivity contribution in [2.24, 2.45) is 0 Å². The van der Waals surface area contributed by atoms with Crippen LogP contribution in [0.1, 0.15) is 12.8 Å². The van der Waals surface area contributed by atoms with Crippen molar-refractivity contribution >= 4 is 29.5 Å². The molecule has 0 aromatic rings. The quantitative estimate of drug-likeness (QED) is 0.667. The molecule has 2 N–H and O–H groups in total. The first-order chi connectivity index (χ1) is 7.59. The van der Waals surface area contributed by atoms with E-state index < -0.39 is 18.1 Å².